The number of carbonyl (C=O) groups excluding carboxylic acids is 1. The van der Waals surface area contributed by atoms with E-state index >= 15 is 0 Å². The van der Waals surface area contributed by atoms with Crippen LogP contribution in [-0.2, 0) is 4.79 Å². The third-order valence-corrected chi connectivity index (χ3v) is 3.45. The van der Waals surface area contributed by atoms with Crippen molar-refractivity contribution in [2.75, 3.05) is 17.2 Å². The van der Waals surface area contributed by atoms with Crippen molar-refractivity contribution in [3.63, 3.8) is 0 Å². The van der Waals surface area contributed by atoms with Gasteiger partial charge in [0.15, 0.2) is 0 Å². The van der Waals surface area contributed by atoms with Crippen molar-refractivity contribution in [2.45, 2.75) is 6.42 Å². The summed E-state index contributed by atoms with van der Waals surface area (Å²) < 4.78 is 14.3. The van der Waals surface area contributed by atoms with Crippen molar-refractivity contribution >= 4 is 33.2 Å². The largest absolute Gasteiger partial charge is 0.383 e. The summed E-state index contributed by atoms with van der Waals surface area (Å²) in [6.45, 7) is 0.306. The Morgan fingerprint density at radius 2 is 1.95 bits per heavy atom. The van der Waals surface area contributed by atoms with Gasteiger partial charge >= 0.3 is 0 Å². The van der Waals surface area contributed by atoms with Gasteiger partial charge in [-0.05, 0) is 36.4 Å². The summed E-state index contributed by atoms with van der Waals surface area (Å²) in [7, 11) is 0. The first-order valence-corrected chi connectivity index (χ1v) is 7.37. The Kier molecular flexibility index (Phi) is 5.50. The first kappa shape index (κ1) is 16.0. The van der Waals surface area contributed by atoms with Gasteiger partial charge in [0, 0.05) is 23.1 Å². The van der Waals surface area contributed by atoms with E-state index in [0.717, 1.165) is 4.47 Å². The lowest BCUT2D eigenvalue weighted by Crippen LogP contribution is -2.16. The fraction of sp³-hybridized carbons (Fsp3) is 0.125. The third kappa shape index (κ3) is 4.30. The van der Waals surface area contributed by atoms with Crippen LogP contribution in [0, 0.1) is 17.1 Å². The van der Waals surface area contributed by atoms with Crippen molar-refractivity contribution in [1.29, 1.82) is 5.26 Å². The van der Waals surface area contributed by atoms with E-state index in [1.807, 2.05) is 12.1 Å². The normalized spacial score (nSPS) is 9.86. The zero-order valence-corrected chi connectivity index (χ0v) is 13.2. The van der Waals surface area contributed by atoms with Crippen LogP contribution < -0.4 is 10.6 Å². The molecule has 1 amide bonds. The molecule has 0 spiro atoms. The molecular formula is C16H13BrFN3O. The molecule has 0 heterocycles. The van der Waals surface area contributed by atoms with Crippen LogP contribution in [0.15, 0.2) is 46.9 Å². The standard InChI is InChI=1S/C16H13BrFN3O/c17-11-4-6-12(7-5-11)21-16(22)8-9-20-15-3-1-2-14(18)13(15)10-19/h1-7,20H,8-9H2,(H,21,22). The van der Waals surface area contributed by atoms with Crippen LogP contribution in [0.5, 0.6) is 0 Å². The van der Waals surface area contributed by atoms with Crippen molar-refractivity contribution in [1.82, 2.24) is 0 Å². The highest BCUT2D eigenvalue weighted by Gasteiger charge is 2.08. The summed E-state index contributed by atoms with van der Waals surface area (Å²) in [5.41, 5.74) is 1.05. The van der Waals surface area contributed by atoms with Crippen LogP contribution in [-0.4, -0.2) is 12.5 Å². The van der Waals surface area contributed by atoms with E-state index in [0.29, 0.717) is 17.9 Å². The number of anilines is 2. The molecule has 0 radical (unpaired) electrons. The minimum atomic E-state index is -0.577. The number of hydrogen-bond donors (Lipinski definition) is 2. The van der Waals surface area contributed by atoms with Gasteiger partial charge in [0.2, 0.25) is 5.91 Å². The Balaban J connectivity index is 1.86. The highest BCUT2D eigenvalue weighted by Crippen LogP contribution is 2.18. The van der Waals surface area contributed by atoms with E-state index in [2.05, 4.69) is 26.6 Å². The zero-order valence-electron chi connectivity index (χ0n) is 11.6. The minimum absolute atomic E-state index is 0.0455. The molecule has 0 aromatic heterocycles. The van der Waals surface area contributed by atoms with Crippen LogP contribution in [0.25, 0.3) is 0 Å². The molecule has 112 valence electrons. The molecule has 22 heavy (non-hydrogen) atoms. The van der Waals surface area contributed by atoms with Gasteiger partial charge < -0.3 is 10.6 Å². The number of nitriles is 1. The summed E-state index contributed by atoms with van der Waals surface area (Å²) in [5, 5.41) is 14.6. The number of benzene rings is 2. The molecule has 0 aliphatic rings. The second-order valence-electron chi connectivity index (χ2n) is 4.51. The van der Waals surface area contributed by atoms with Gasteiger partial charge in [0.05, 0.1) is 5.69 Å². The van der Waals surface area contributed by atoms with Gasteiger partial charge in [-0.3, -0.25) is 4.79 Å². The van der Waals surface area contributed by atoms with Crippen molar-refractivity contribution < 1.29 is 9.18 Å². The highest BCUT2D eigenvalue weighted by atomic mass is 79.9. The molecule has 2 N–H and O–H groups in total. The van der Waals surface area contributed by atoms with E-state index < -0.39 is 5.82 Å². The summed E-state index contributed by atoms with van der Waals surface area (Å²) in [4.78, 5) is 11.8. The fourth-order valence-corrected chi connectivity index (χ4v) is 2.12. The predicted molar refractivity (Wildman–Crippen MR) is 87.0 cm³/mol. The van der Waals surface area contributed by atoms with Crippen LogP contribution in [0.2, 0.25) is 0 Å². The molecule has 2 rings (SSSR count). The van der Waals surface area contributed by atoms with Gasteiger partial charge in [-0.15, -0.1) is 0 Å². The summed E-state index contributed by atoms with van der Waals surface area (Å²) in [6.07, 6.45) is 0.206. The lowest BCUT2D eigenvalue weighted by atomic mass is 10.2. The summed E-state index contributed by atoms with van der Waals surface area (Å²) in [6, 6.07) is 13.4. The molecule has 0 atom stereocenters. The Bertz CT molecular complexity index is 710. The topological polar surface area (TPSA) is 64.9 Å². The molecule has 0 saturated heterocycles. The van der Waals surface area contributed by atoms with Crippen LogP contribution >= 0.6 is 15.9 Å². The predicted octanol–water partition coefficient (Wildman–Crippen LogP) is 3.90. The second-order valence-corrected chi connectivity index (χ2v) is 5.42. The molecule has 4 nitrogen and oxygen atoms in total. The van der Waals surface area contributed by atoms with Gasteiger partial charge in [-0.2, -0.15) is 5.26 Å². The molecule has 0 aliphatic heterocycles. The SMILES string of the molecule is N#Cc1c(F)cccc1NCCC(=O)Nc1ccc(Br)cc1. The maximum absolute atomic E-state index is 13.4. The quantitative estimate of drug-likeness (QED) is 0.848. The molecule has 0 saturated carbocycles. The smallest absolute Gasteiger partial charge is 0.226 e. The molecule has 2 aromatic rings. The number of rotatable bonds is 5. The second kappa shape index (κ2) is 7.57. The average molecular weight is 362 g/mol. The van der Waals surface area contributed by atoms with Gasteiger partial charge in [0.1, 0.15) is 17.4 Å². The maximum Gasteiger partial charge on any atom is 0.226 e. The van der Waals surface area contributed by atoms with E-state index in [1.54, 1.807) is 24.3 Å². The number of nitrogens with zero attached hydrogens (tertiary/aromatic N) is 1. The molecule has 0 fully saturated rings. The number of halogens is 2. The van der Waals surface area contributed by atoms with Crippen molar-refractivity contribution in [3.8, 4) is 6.07 Å². The number of amides is 1. The average Bonchev–Trinajstić information content (AvgIpc) is 2.50. The lowest BCUT2D eigenvalue weighted by Gasteiger charge is -2.09. The van der Waals surface area contributed by atoms with E-state index in [-0.39, 0.29) is 17.9 Å². The molecule has 6 heteroatoms. The Morgan fingerprint density at radius 1 is 1.23 bits per heavy atom. The Labute approximate surface area is 136 Å². The maximum atomic E-state index is 13.4. The summed E-state index contributed by atoms with van der Waals surface area (Å²) >= 11 is 3.32. The molecular weight excluding hydrogens is 349 g/mol. The third-order valence-electron chi connectivity index (χ3n) is 2.92. The van der Waals surface area contributed by atoms with Crippen molar-refractivity contribution in [2.24, 2.45) is 0 Å². The van der Waals surface area contributed by atoms with E-state index in [4.69, 9.17) is 5.26 Å². The molecule has 2 aromatic carbocycles. The number of carbonyl (C=O) groups is 1. The lowest BCUT2D eigenvalue weighted by molar-refractivity contribution is -0.115. The van der Waals surface area contributed by atoms with Crippen LogP contribution in [0.4, 0.5) is 15.8 Å². The van der Waals surface area contributed by atoms with Gasteiger partial charge in [0.25, 0.3) is 0 Å². The first-order chi connectivity index (χ1) is 10.6. The zero-order chi connectivity index (χ0) is 15.9. The number of hydrogen-bond acceptors (Lipinski definition) is 3. The van der Waals surface area contributed by atoms with Gasteiger partial charge in [-0.25, -0.2) is 4.39 Å². The molecule has 0 unspecified atom stereocenters. The Morgan fingerprint density at radius 3 is 2.64 bits per heavy atom. The molecule has 0 bridgehead atoms. The first-order valence-electron chi connectivity index (χ1n) is 6.58. The van der Waals surface area contributed by atoms with Crippen molar-refractivity contribution in [3.05, 3.63) is 58.3 Å². The highest BCUT2D eigenvalue weighted by molar-refractivity contribution is 9.10. The van der Waals surface area contributed by atoms with Crippen LogP contribution in [0.1, 0.15) is 12.0 Å². The fourth-order valence-electron chi connectivity index (χ4n) is 1.85. The monoisotopic (exact) mass is 361 g/mol. The minimum Gasteiger partial charge on any atom is -0.383 e. The van der Waals surface area contributed by atoms with Crippen LogP contribution in [0.3, 0.4) is 0 Å². The molecule has 0 aliphatic carbocycles. The van der Waals surface area contributed by atoms with E-state index in [9.17, 15) is 9.18 Å². The van der Waals surface area contributed by atoms with Gasteiger partial charge in [-0.1, -0.05) is 22.0 Å². The summed E-state index contributed by atoms with van der Waals surface area (Å²) in [5.74, 6) is -0.739. The number of nitrogens with one attached hydrogen (secondary N) is 2. The Hall–Kier alpha value is -2.39. The van der Waals surface area contributed by atoms with E-state index in [1.165, 1.54) is 12.1 Å².